The van der Waals surface area contributed by atoms with Gasteiger partial charge in [-0.1, -0.05) is 16.7 Å². The van der Waals surface area contributed by atoms with Gasteiger partial charge in [-0.3, -0.25) is 10.1 Å². The number of aromatic nitrogens is 5. The van der Waals surface area contributed by atoms with Crippen molar-refractivity contribution in [3.05, 3.63) is 22.8 Å². The molecule has 0 spiro atoms. The molecule has 17 heavy (non-hydrogen) atoms. The number of hydrogen-bond acceptors (Lipinski definition) is 6. The first-order valence-electron chi connectivity index (χ1n) is 4.53. The molecule has 0 saturated carbocycles. The van der Waals surface area contributed by atoms with Gasteiger partial charge >= 0.3 is 0 Å². The summed E-state index contributed by atoms with van der Waals surface area (Å²) in [6, 6.07) is 2.99. The van der Waals surface area contributed by atoms with Crippen LogP contribution in [0.5, 0.6) is 0 Å². The van der Waals surface area contributed by atoms with E-state index in [9.17, 15) is 4.79 Å². The minimum absolute atomic E-state index is 0.0131. The average Bonchev–Trinajstić information content (AvgIpc) is 2.67. The highest BCUT2D eigenvalue weighted by Crippen LogP contribution is 2.15. The Labute approximate surface area is 101 Å². The molecule has 0 radical (unpaired) electrons. The number of carbonyl (C=O) groups is 1. The lowest BCUT2D eigenvalue weighted by Crippen LogP contribution is -2.16. The Morgan fingerprint density at radius 3 is 2.94 bits per heavy atom. The van der Waals surface area contributed by atoms with Crippen LogP contribution in [-0.4, -0.2) is 31.1 Å². The molecule has 0 aliphatic heterocycles. The first-order valence-corrected chi connectivity index (χ1v) is 4.91. The maximum atomic E-state index is 11.8. The van der Waals surface area contributed by atoms with Gasteiger partial charge in [0.2, 0.25) is 0 Å². The number of pyridine rings is 1. The van der Waals surface area contributed by atoms with Crippen LogP contribution in [0.25, 0.3) is 0 Å². The van der Waals surface area contributed by atoms with E-state index in [4.69, 9.17) is 17.3 Å². The van der Waals surface area contributed by atoms with E-state index >= 15 is 0 Å². The molecule has 88 valence electrons. The molecule has 0 bridgehead atoms. The Morgan fingerprint density at radius 1 is 1.53 bits per heavy atom. The van der Waals surface area contributed by atoms with Crippen molar-refractivity contribution < 1.29 is 4.79 Å². The van der Waals surface area contributed by atoms with Crippen molar-refractivity contribution in [1.82, 2.24) is 25.2 Å². The number of rotatable bonds is 2. The number of anilines is 2. The Morgan fingerprint density at radius 2 is 2.29 bits per heavy atom. The van der Waals surface area contributed by atoms with Crippen LogP contribution < -0.4 is 11.1 Å². The lowest BCUT2D eigenvalue weighted by Gasteiger charge is -2.02. The summed E-state index contributed by atoms with van der Waals surface area (Å²) in [5.74, 6) is -0.278. The number of tetrazole rings is 1. The molecule has 8 nitrogen and oxygen atoms in total. The molecule has 9 heteroatoms. The lowest BCUT2D eigenvalue weighted by atomic mass is 10.3. The van der Waals surface area contributed by atoms with Gasteiger partial charge in [-0.2, -0.15) is 4.80 Å². The molecule has 0 aliphatic rings. The smallest absolute Gasteiger partial charge is 0.278 e. The zero-order chi connectivity index (χ0) is 12.4. The SMILES string of the molecule is Cn1nnc(NC(=O)c2nc(N)ccc2Cl)n1. The summed E-state index contributed by atoms with van der Waals surface area (Å²) in [5, 5.41) is 13.6. The van der Waals surface area contributed by atoms with Crippen LogP contribution in [0, 0.1) is 0 Å². The lowest BCUT2D eigenvalue weighted by molar-refractivity contribution is 0.102. The molecule has 0 aliphatic carbocycles. The fraction of sp³-hybridized carbons (Fsp3) is 0.125. The molecule has 1 amide bonds. The summed E-state index contributed by atoms with van der Waals surface area (Å²) in [6.07, 6.45) is 0. The van der Waals surface area contributed by atoms with Crippen molar-refractivity contribution in [2.45, 2.75) is 0 Å². The number of halogens is 1. The second-order valence-corrected chi connectivity index (χ2v) is 3.53. The molecule has 2 aromatic rings. The van der Waals surface area contributed by atoms with E-state index in [1.54, 1.807) is 7.05 Å². The van der Waals surface area contributed by atoms with Gasteiger partial charge in [0.25, 0.3) is 11.9 Å². The molecule has 0 fully saturated rings. The van der Waals surface area contributed by atoms with Crippen LogP contribution in [0.4, 0.5) is 11.8 Å². The number of nitrogen functional groups attached to an aromatic ring is 1. The highest BCUT2D eigenvalue weighted by Gasteiger charge is 2.14. The van der Waals surface area contributed by atoms with Crippen LogP contribution in [-0.2, 0) is 7.05 Å². The summed E-state index contributed by atoms with van der Waals surface area (Å²) in [7, 11) is 1.58. The predicted octanol–water partition coefficient (Wildman–Crippen LogP) is 0.0930. The van der Waals surface area contributed by atoms with Gasteiger partial charge in [0.05, 0.1) is 12.1 Å². The van der Waals surface area contributed by atoms with E-state index in [1.165, 1.54) is 16.9 Å². The second-order valence-electron chi connectivity index (χ2n) is 3.12. The Hall–Kier alpha value is -2.22. The molecule has 0 atom stereocenters. The van der Waals surface area contributed by atoms with Crippen molar-refractivity contribution in [2.75, 3.05) is 11.1 Å². The first-order chi connectivity index (χ1) is 8.06. The number of aryl methyl sites for hydroxylation is 1. The van der Waals surface area contributed by atoms with Crippen LogP contribution in [0.3, 0.4) is 0 Å². The third-order valence-electron chi connectivity index (χ3n) is 1.82. The average molecular weight is 254 g/mol. The maximum absolute atomic E-state index is 11.8. The van der Waals surface area contributed by atoms with Crippen molar-refractivity contribution in [3.8, 4) is 0 Å². The fourth-order valence-electron chi connectivity index (χ4n) is 1.11. The van der Waals surface area contributed by atoms with E-state index < -0.39 is 5.91 Å². The first kappa shape index (κ1) is 11.3. The predicted molar refractivity (Wildman–Crippen MR) is 60.4 cm³/mol. The Kier molecular flexibility index (Phi) is 2.88. The van der Waals surface area contributed by atoms with Gasteiger partial charge in [0.15, 0.2) is 0 Å². The van der Waals surface area contributed by atoms with Gasteiger partial charge in [0.1, 0.15) is 11.5 Å². The highest BCUT2D eigenvalue weighted by molar-refractivity contribution is 6.34. The molecular weight excluding hydrogens is 246 g/mol. The Balaban J connectivity index is 2.22. The zero-order valence-electron chi connectivity index (χ0n) is 8.75. The summed E-state index contributed by atoms with van der Waals surface area (Å²) in [4.78, 5) is 16.8. The van der Waals surface area contributed by atoms with Gasteiger partial charge < -0.3 is 5.73 Å². The fourth-order valence-corrected chi connectivity index (χ4v) is 1.30. The normalized spacial score (nSPS) is 10.2. The topological polar surface area (TPSA) is 112 Å². The van der Waals surface area contributed by atoms with Crippen LogP contribution >= 0.6 is 11.6 Å². The minimum atomic E-state index is -0.546. The molecule has 0 saturated heterocycles. The van der Waals surface area contributed by atoms with E-state index in [0.717, 1.165) is 0 Å². The van der Waals surface area contributed by atoms with E-state index in [1.807, 2.05) is 0 Å². The number of nitrogens with two attached hydrogens (primary N) is 1. The van der Waals surface area contributed by atoms with Gasteiger partial charge in [0, 0.05) is 0 Å². The van der Waals surface area contributed by atoms with Crippen molar-refractivity contribution >= 4 is 29.3 Å². The quantitative estimate of drug-likeness (QED) is 0.785. The number of amides is 1. The van der Waals surface area contributed by atoms with Gasteiger partial charge in [-0.15, -0.1) is 5.10 Å². The standard InChI is InChI=1S/C8H8ClN7O/c1-16-14-8(13-15-16)12-7(17)6-4(9)2-3-5(10)11-6/h2-3H,1H3,(H2,10,11)(H,12,14,17). The summed E-state index contributed by atoms with van der Waals surface area (Å²) in [6.45, 7) is 0. The van der Waals surface area contributed by atoms with Gasteiger partial charge in [-0.25, -0.2) is 4.98 Å². The largest absolute Gasteiger partial charge is 0.384 e. The highest BCUT2D eigenvalue weighted by atomic mass is 35.5. The number of nitrogens with zero attached hydrogens (tertiary/aromatic N) is 5. The summed E-state index contributed by atoms with van der Waals surface area (Å²) >= 11 is 5.82. The molecule has 2 rings (SSSR count). The third kappa shape index (κ3) is 2.48. The molecule has 0 aromatic carbocycles. The van der Waals surface area contributed by atoms with Crippen molar-refractivity contribution in [2.24, 2.45) is 7.05 Å². The molecule has 2 heterocycles. The van der Waals surface area contributed by atoms with E-state index in [2.05, 4.69) is 25.7 Å². The van der Waals surface area contributed by atoms with Crippen molar-refractivity contribution in [1.29, 1.82) is 0 Å². The summed E-state index contributed by atoms with van der Waals surface area (Å²) in [5.41, 5.74) is 5.48. The number of nitrogens with one attached hydrogen (secondary N) is 1. The number of hydrogen-bond donors (Lipinski definition) is 2. The Bertz CT molecular complexity index is 567. The maximum Gasteiger partial charge on any atom is 0.278 e. The van der Waals surface area contributed by atoms with E-state index in [-0.39, 0.29) is 22.5 Å². The minimum Gasteiger partial charge on any atom is -0.384 e. The van der Waals surface area contributed by atoms with Gasteiger partial charge in [-0.05, 0) is 17.3 Å². The third-order valence-corrected chi connectivity index (χ3v) is 2.12. The summed E-state index contributed by atoms with van der Waals surface area (Å²) < 4.78 is 0. The van der Waals surface area contributed by atoms with Crippen LogP contribution in [0.1, 0.15) is 10.5 Å². The monoisotopic (exact) mass is 253 g/mol. The molecule has 2 aromatic heterocycles. The van der Waals surface area contributed by atoms with Crippen LogP contribution in [0.2, 0.25) is 5.02 Å². The van der Waals surface area contributed by atoms with E-state index in [0.29, 0.717) is 0 Å². The molecule has 3 N–H and O–H groups in total. The van der Waals surface area contributed by atoms with Crippen LogP contribution in [0.15, 0.2) is 12.1 Å². The second kappa shape index (κ2) is 4.34. The number of carbonyl (C=O) groups excluding carboxylic acids is 1. The molecular formula is C8H8ClN7O. The molecule has 0 unspecified atom stereocenters. The zero-order valence-corrected chi connectivity index (χ0v) is 9.51. The van der Waals surface area contributed by atoms with Crippen molar-refractivity contribution in [3.63, 3.8) is 0 Å².